The average molecular weight is 347 g/mol. The zero-order valence-corrected chi connectivity index (χ0v) is 14.3. The molecular formula is C18H19ClN2O3. The molecule has 2 N–H and O–H groups in total. The summed E-state index contributed by atoms with van der Waals surface area (Å²) in [5.41, 5.74) is 2.64. The van der Waals surface area contributed by atoms with Crippen molar-refractivity contribution in [2.75, 3.05) is 19.0 Å². The van der Waals surface area contributed by atoms with Crippen LogP contribution in [0.15, 0.2) is 36.4 Å². The summed E-state index contributed by atoms with van der Waals surface area (Å²) < 4.78 is 10.9. The van der Waals surface area contributed by atoms with E-state index in [1.807, 2.05) is 37.3 Å². The number of nitrogens with one attached hydrogen (secondary N) is 2. The van der Waals surface area contributed by atoms with Crippen molar-refractivity contribution < 1.29 is 14.3 Å². The molecule has 2 aromatic carbocycles. The molecule has 0 spiro atoms. The number of urea groups is 1. The van der Waals surface area contributed by atoms with Crippen LogP contribution >= 0.6 is 11.6 Å². The molecule has 0 aliphatic carbocycles. The van der Waals surface area contributed by atoms with Gasteiger partial charge in [-0.1, -0.05) is 17.7 Å². The minimum atomic E-state index is -0.283. The number of aryl methyl sites for hydroxylation is 1. The second-order valence-corrected chi connectivity index (χ2v) is 6.16. The lowest BCUT2D eigenvalue weighted by molar-refractivity contribution is 0.222. The number of anilines is 1. The van der Waals surface area contributed by atoms with Gasteiger partial charge in [0.15, 0.2) is 0 Å². The van der Waals surface area contributed by atoms with Gasteiger partial charge in [-0.3, -0.25) is 0 Å². The SMILES string of the molecule is COc1ccc2c(c1)C[C@@H](NC(=O)Nc1ccc(C)c(Cl)c1)CO2. The molecule has 1 aliphatic rings. The topological polar surface area (TPSA) is 59.6 Å². The second kappa shape index (κ2) is 7.01. The van der Waals surface area contributed by atoms with Gasteiger partial charge in [0.05, 0.1) is 13.2 Å². The normalized spacial score (nSPS) is 15.9. The zero-order valence-electron chi connectivity index (χ0n) is 13.6. The lowest BCUT2D eigenvalue weighted by Gasteiger charge is -2.26. The Hall–Kier alpha value is -2.40. The third-order valence-electron chi connectivity index (χ3n) is 3.94. The van der Waals surface area contributed by atoms with Crippen molar-refractivity contribution in [3.05, 3.63) is 52.5 Å². The average Bonchev–Trinajstić information content (AvgIpc) is 2.57. The molecule has 6 heteroatoms. The number of carbonyl (C=O) groups is 1. The number of halogens is 1. The molecule has 126 valence electrons. The molecule has 0 fully saturated rings. The largest absolute Gasteiger partial charge is 0.497 e. The van der Waals surface area contributed by atoms with E-state index in [2.05, 4.69) is 10.6 Å². The van der Waals surface area contributed by atoms with Gasteiger partial charge in [0, 0.05) is 10.7 Å². The van der Waals surface area contributed by atoms with Crippen LogP contribution in [-0.2, 0) is 6.42 Å². The van der Waals surface area contributed by atoms with E-state index >= 15 is 0 Å². The predicted octanol–water partition coefficient (Wildman–Crippen LogP) is 3.78. The number of carbonyl (C=O) groups excluding carboxylic acids is 1. The molecule has 0 saturated heterocycles. The van der Waals surface area contributed by atoms with E-state index in [1.54, 1.807) is 13.2 Å². The van der Waals surface area contributed by atoms with Gasteiger partial charge in [0.1, 0.15) is 18.1 Å². The van der Waals surface area contributed by atoms with E-state index < -0.39 is 0 Å². The van der Waals surface area contributed by atoms with Crippen LogP contribution in [0.4, 0.5) is 10.5 Å². The summed E-state index contributed by atoms with van der Waals surface area (Å²) in [5.74, 6) is 1.61. The summed E-state index contributed by atoms with van der Waals surface area (Å²) in [6, 6.07) is 10.7. The number of hydrogen-bond donors (Lipinski definition) is 2. The molecule has 0 radical (unpaired) electrons. The number of methoxy groups -OCH3 is 1. The number of benzene rings is 2. The second-order valence-electron chi connectivity index (χ2n) is 5.75. The van der Waals surface area contributed by atoms with Crippen molar-refractivity contribution in [3.63, 3.8) is 0 Å². The van der Waals surface area contributed by atoms with Crippen LogP contribution in [0, 0.1) is 6.92 Å². The van der Waals surface area contributed by atoms with Gasteiger partial charge in [0.2, 0.25) is 0 Å². The molecule has 5 nitrogen and oxygen atoms in total. The monoisotopic (exact) mass is 346 g/mol. The van der Waals surface area contributed by atoms with E-state index in [1.165, 1.54) is 0 Å². The molecule has 24 heavy (non-hydrogen) atoms. The van der Waals surface area contributed by atoms with E-state index in [4.69, 9.17) is 21.1 Å². The zero-order chi connectivity index (χ0) is 17.1. The van der Waals surface area contributed by atoms with Gasteiger partial charge in [0.25, 0.3) is 0 Å². The minimum Gasteiger partial charge on any atom is -0.497 e. The van der Waals surface area contributed by atoms with E-state index in [-0.39, 0.29) is 12.1 Å². The number of ether oxygens (including phenoxy) is 2. The lowest BCUT2D eigenvalue weighted by atomic mass is 10.0. The Morgan fingerprint density at radius 2 is 2.12 bits per heavy atom. The van der Waals surface area contributed by atoms with Crippen LogP contribution in [-0.4, -0.2) is 25.8 Å². The van der Waals surface area contributed by atoms with Crippen LogP contribution in [0.1, 0.15) is 11.1 Å². The molecule has 0 saturated carbocycles. The molecule has 0 bridgehead atoms. The highest BCUT2D eigenvalue weighted by molar-refractivity contribution is 6.31. The summed E-state index contributed by atoms with van der Waals surface area (Å²) in [5, 5.41) is 6.33. The van der Waals surface area contributed by atoms with E-state index in [0.29, 0.717) is 23.7 Å². The Kier molecular flexibility index (Phi) is 4.81. The van der Waals surface area contributed by atoms with Crippen LogP contribution in [0.25, 0.3) is 0 Å². The number of rotatable bonds is 3. The van der Waals surface area contributed by atoms with Crippen LogP contribution in [0.2, 0.25) is 5.02 Å². The highest BCUT2D eigenvalue weighted by Crippen LogP contribution is 2.28. The third-order valence-corrected chi connectivity index (χ3v) is 4.35. The first-order chi connectivity index (χ1) is 11.5. The highest BCUT2D eigenvalue weighted by atomic mass is 35.5. The summed E-state index contributed by atoms with van der Waals surface area (Å²) in [6.45, 7) is 2.35. The van der Waals surface area contributed by atoms with Crippen LogP contribution in [0.5, 0.6) is 11.5 Å². The van der Waals surface area contributed by atoms with Crippen molar-refractivity contribution in [2.45, 2.75) is 19.4 Å². The molecule has 2 aromatic rings. The Bertz CT molecular complexity index is 764. The highest BCUT2D eigenvalue weighted by Gasteiger charge is 2.22. The molecule has 0 unspecified atom stereocenters. The fourth-order valence-electron chi connectivity index (χ4n) is 2.61. The number of amides is 2. The molecular weight excluding hydrogens is 328 g/mol. The first-order valence-electron chi connectivity index (χ1n) is 7.68. The Morgan fingerprint density at radius 1 is 1.29 bits per heavy atom. The summed E-state index contributed by atoms with van der Waals surface area (Å²) in [6.07, 6.45) is 0.689. The Balaban J connectivity index is 1.61. The molecule has 1 heterocycles. The third kappa shape index (κ3) is 3.74. The quantitative estimate of drug-likeness (QED) is 0.889. The van der Waals surface area contributed by atoms with Crippen LogP contribution in [0.3, 0.4) is 0 Å². The fourth-order valence-corrected chi connectivity index (χ4v) is 2.79. The predicted molar refractivity (Wildman–Crippen MR) is 94.3 cm³/mol. The Labute approximate surface area is 145 Å². The fraction of sp³-hybridized carbons (Fsp3) is 0.278. The molecule has 0 aromatic heterocycles. The lowest BCUT2D eigenvalue weighted by Crippen LogP contribution is -2.44. The summed E-state index contributed by atoms with van der Waals surface area (Å²) in [4.78, 5) is 12.2. The van der Waals surface area contributed by atoms with Gasteiger partial charge in [-0.2, -0.15) is 0 Å². The van der Waals surface area contributed by atoms with Gasteiger partial charge >= 0.3 is 6.03 Å². The van der Waals surface area contributed by atoms with Crippen molar-refractivity contribution in [1.82, 2.24) is 5.32 Å². The van der Waals surface area contributed by atoms with Gasteiger partial charge in [-0.05, 0) is 54.8 Å². The summed E-state index contributed by atoms with van der Waals surface area (Å²) in [7, 11) is 1.63. The first-order valence-corrected chi connectivity index (χ1v) is 8.06. The maximum Gasteiger partial charge on any atom is 0.319 e. The number of fused-ring (bicyclic) bond motifs is 1. The van der Waals surface area contributed by atoms with E-state index in [9.17, 15) is 4.79 Å². The van der Waals surface area contributed by atoms with Crippen molar-refractivity contribution in [3.8, 4) is 11.5 Å². The van der Waals surface area contributed by atoms with Crippen molar-refractivity contribution in [2.24, 2.45) is 0 Å². The maximum absolute atomic E-state index is 12.2. The standard InChI is InChI=1S/C18H19ClN2O3/c1-11-3-4-13(9-16(11)19)20-18(22)21-14-7-12-8-15(23-2)5-6-17(12)24-10-14/h3-6,8-9,14H,7,10H2,1-2H3,(H2,20,21,22)/t14-/m1/s1. The van der Waals surface area contributed by atoms with Gasteiger partial charge < -0.3 is 20.1 Å². The minimum absolute atomic E-state index is 0.106. The van der Waals surface area contributed by atoms with E-state index in [0.717, 1.165) is 22.6 Å². The van der Waals surface area contributed by atoms with Gasteiger partial charge in [-0.25, -0.2) is 4.79 Å². The maximum atomic E-state index is 12.2. The Morgan fingerprint density at radius 3 is 2.88 bits per heavy atom. The molecule has 1 atom stereocenters. The van der Waals surface area contributed by atoms with Crippen molar-refractivity contribution in [1.29, 1.82) is 0 Å². The molecule has 2 amide bonds. The summed E-state index contributed by atoms with van der Waals surface area (Å²) >= 11 is 6.07. The molecule has 1 aliphatic heterocycles. The van der Waals surface area contributed by atoms with Crippen LogP contribution < -0.4 is 20.1 Å². The van der Waals surface area contributed by atoms with Gasteiger partial charge in [-0.15, -0.1) is 0 Å². The van der Waals surface area contributed by atoms with Crippen molar-refractivity contribution >= 4 is 23.3 Å². The smallest absolute Gasteiger partial charge is 0.319 e. The molecule has 3 rings (SSSR count). The number of hydrogen-bond acceptors (Lipinski definition) is 3. The first kappa shape index (κ1) is 16.5.